The van der Waals surface area contributed by atoms with Gasteiger partial charge in [0.2, 0.25) is 0 Å². The second-order valence-electron chi connectivity index (χ2n) is 3.93. The number of fused-ring (bicyclic) bond motifs is 1. The SMILES string of the molecule is [N-]=[N+]=NC(CC(=O)O)c1ccc2ccccc2c1. The average Bonchev–Trinajstić information content (AvgIpc) is 2.37. The van der Waals surface area contributed by atoms with Gasteiger partial charge in [-0.25, -0.2) is 0 Å². The van der Waals surface area contributed by atoms with Crippen LogP contribution in [0.4, 0.5) is 0 Å². The lowest BCUT2D eigenvalue weighted by molar-refractivity contribution is -0.137. The van der Waals surface area contributed by atoms with E-state index in [1.54, 1.807) is 6.07 Å². The zero-order chi connectivity index (χ0) is 13.0. The molecule has 0 aromatic heterocycles. The molecule has 0 spiro atoms. The summed E-state index contributed by atoms with van der Waals surface area (Å²) in [6, 6.07) is 12.6. The van der Waals surface area contributed by atoms with Crippen molar-refractivity contribution in [1.82, 2.24) is 0 Å². The molecule has 2 aromatic carbocycles. The van der Waals surface area contributed by atoms with E-state index in [2.05, 4.69) is 10.0 Å². The number of benzene rings is 2. The van der Waals surface area contributed by atoms with Gasteiger partial charge in [0, 0.05) is 4.91 Å². The van der Waals surface area contributed by atoms with Gasteiger partial charge in [-0.3, -0.25) is 4.79 Å². The van der Waals surface area contributed by atoms with Gasteiger partial charge >= 0.3 is 5.97 Å². The van der Waals surface area contributed by atoms with E-state index in [1.165, 1.54) is 0 Å². The van der Waals surface area contributed by atoms with Crippen LogP contribution in [0.2, 0.25) is 0 Å². The molecule has 5 heteroatoms. The third kappa shape index (κ3) is 2.59. The fraction of sp³-hybridized carbons (Fsp3) is 0.154. The fourth-order valence-electron chi connectivity index (χ4n) is 1.87. The molecule has 0 amide bonds. The number of rotatable bonds is 4. The molecule has 90 valence electrons. The molecule has 0 aliphatic carbocycles. The van der Waals surface area contributed by atoms with Crippen LogP contribution in [0.1, 0.15) is 18.0 Å². The lowest BCUT2D eigenvalue weighted by atomic mass is 10.0. The van der Waals surface area contributed by atoms with Crippen molar-refractivity contribution in [3.8, 4) is 0 Å². The predicted octanol–water partition coefficient (Wildman–Crippen LogP) is 3.67. The van der Waals surface area contributed by atoms with Crippen LogP contribution < -0.4 is 0 Å². The number of carboxylic acids is 1. The minimum Gasteiger partial charge on any atom is -0.481 e. The molecule has 0 saturated carbocycles. The molecule has 1 N–H and O–H groups in total. The Kier molecular flexibility index (Phi) is 3.46. The summed E-state index contributed by atoms with van der Waals surface area (Å²) in [4.78, 5) is 13.4. The van der Waals surface area contributed by atoms with Gasteiger partial charge in [0.25, 0.3) is 0 Å². The van der Waals surface area contributed by atoms with E-state index in [-0.39, 0.29) is 6.42 Å². The Hall–Kier alpha value is -2.52. The summed E-state index contributed by atoms with van der Waals surface area (Å²) in [6.07, 6.45) is -0.206. The quantitative estimate of drug-likeness (QED) is 0.503. The summed E-state index contributed by atoms with van der Waals surface area (Å²) in [5, 5.41) is 14.4. The summed E-state index contributed by atoms with van der Waals surface area (Å²) in [5.74, 6) is -0.986. The van der Waals surface area contributed by atoms with E-state index < -0.39 is 12.0 Å². The maximum absolute atomic E-state index is 10.7. The molecule has 0 bridgehead atoms. The zero-order valence-corrected chi connectivity index (χ0v) is 9.52. The predicted molar refractivity (Wildman–Crippen MR) is 68.1 cm³/mol. The highest BCUT2D eigenvalue weighted by atomic mass is 16.4. The third-order valence-electron chi connectivity index (χ3n) is 2.72. The first-order chi connectivity index (χ1) is 8.70. The standard InChI is InChI=1S/C13H11N3O2/c14-16-15-12(8-13(17)18)11-6-5-9-3-1-2-4-10(9)7-11/h1-7,12H,8H2,(H,17,18). The van der Waals surface area contributed by atoms with E-state index in [0.717, 1.165) is 10.8 Å². The number of carboxylic acid groups (broad SMARTS) is 1. The summed E-state index contributed by atoms with van der Waals surface area (Å²) < 4.78 is 0. The first-order valence-electron chi connectivity index (χ1n) is 5.45. The van der Waals surface area contributed by atoms with Crippen LogP contribution in [0.5, 0.6) is 0 Å². The van der Waals surface area contributed by atoms with Crippen molar-refractivity contribution in [2.75, 3.05) is 0 Å². The van der Waals surface area contributed by atoms with Crippen molar-refractivity contribution in [1.29, 1.82) is 0 Å². The van der Waals surface area contributed by atoms with E-state index >= 15 is 0 Å². The molecular weight excluding hydrogens is 230 g/mol. The van der Waals surface area contributed by atoms with Gasteiger partial charge in [-0.15, -0.1) is 0 Å². The molecule has 1 unspecified atom stereocenters. The second kappa shape index (κ2) is 5.21. The lowest BCUT2D eigenvalue weighted by Crippen LogP contribution is -2.03. The Balaban J connectivity index is 2.43. The normalized spacial score (nSPS) is 11.8. The first-order valence-corrected chi connectivity index (χ1v) is 5.45. The van der Waals surface area contributed by atoms with E-state index in [4.69, 9.17) is 10.6 Å². The van der Waals surface area contributed by atoms with Crippen molar-refractivity contribution in [2.24, 2.45) is 5.11 Å². The first kappa shape index (κ1) is 12.0. The molecule has 0 radical (unpaired) electrons. The van der Waals surface area contributed by atoms with Crippen LogP contribution in [0.15, 0.2) is 47.6 Å². The number of aliphatic carboxylic acids is 1. The maximum atomic E-state index is 10.7. The molecular formula is C13H11N3O2. The van der Waals surface area contributed by atoms with Crippen LogP contribution in [0, 0.1) is 0 Å². The van der Waals surface area contributed by atoms with Gasteiger partial charge in [0.1, 0.15) is 0 Å². The molecule has 5 nitrogen and oxygen atoms in total. The fourth-order valence-corrected chi connectivity index (χ4v) is 1.87. The monoisotopic (exact) mass is 241 g/mol. The van der Waals surface area contributed by atoms with Crippen LogP contribution in [0.25, 0.3) is 21.2 Å². The minimum absolute atomic E-state index is 0.206. The van der Waals surface area contributed by atoms with Gasteiger partial charge in [0.15, 0.2) is 0 Å². The van der Waals surface area contributed by atoms with E-state index in [0.29, 0.717) is 5.56 Å². The largest absolute Gasteiger partial charge is 0.481 e. The number of carbonyl (C=O) groups is 1. The molecule has 0 saturated heterocycles. The summed E-state index contributed by atoms with van der Waals surface area (Å²) in [6.45, 7) is 0. The molecule has 0 heterocycles. The lowest BCUT2D eigenvalue weighted by Gasteiger charge is -2.09. The van der Waals surface area contributed by atoms with Gasteiger partial charge in [-0.1, -0.05) is 47.6 Å². The van der Waals surface area contributed by atoms with Crippen LogP contribution in [0.3, 0.4) is 0 Å². The van der Waals surface area contributed by atoms with E-state index in [1.807, 2.05) is 36.4 Å². The average molecular weight is 241 g/mol. The summed E-state index contributed by atoms with van der Waals surface area (Å²) in [7, 11) is 0. The van der Waals surface area contributed by atoms with Crippen LogP contribution >= 0.6 is 0 Å². The highest BCUT2D eigenvalue weighted by Gasteiger charge is 2.14. The molecule has 2 aromatic rings. The highest BCUT2D eigenvalue weighted by Crippen LogP contribution is 2.25. The molecule has 2 rings (SSSR count). The smallest absolute Gasteiger partial charge is 0.304 e. The van der Waals surface area contributed by atoms with Crippen LogP contribution in [-0.2, 0) is 4.79 Å². The molecule has 0 aliphatic heterocycles. The Bertz CT molecular complexity index is 633. The Morgan fingerprint density at radius 2 is 2.00 bits per heavy atom. The van der Waals surface area contributed by atoms with Crippen molar-refractivity contribution in [3.05, 3.63) is 58.5 Å². The summed E-state index contributed by atoms with van der Waals surface area (Å²) >= 11 is 0. The van der Waals surface area contributed by atoms with Crippen molar-refractivity contribution < 1.29 is 9.90 Å². The minimum atomic E-state index is -0.986. The summed E-state index contributed by atoms with van der Waals surface area (Å²) in [5.41, 5.74) is 9.21. The van der Waals surface area contributed by atoms with Crippen molar-refractivity contribution in [2.45, 2.75) is 12.5 Å². The highest BCUT2D eigenvalue weighted by molar-refractivity contribution is 5.83. The Morgan fingerprint density at radius 3 is 2.67 bits per heavy atom. The number of nitrogens with zero attached hydrogens (tertiary/aromatic N) is 3. The van der Waals surface area contributed by atoms with Crippen LogP contribution in [-0.4, -0.2) is 11.1 Å². The number of azide groups is 1. The van der Waals surface area contributed by atoms with Gasteiger partial charge in [-0.05, 0) is 21.9 Å². The second-order valence-corrected chi connectivity index (χ2v) is 3.93. The van der Waals surface area contributed by atoms with Gasteiger partial charge in [0.05, 0.1) is 12.5 Å². The molecule has 18 heavy (non-hydrogen) atoms. The van der Waals surface area contributed by atoms with Gasteiger partial charge < -0.3 is 5.11 Å². The van der Waals surface area contributed by atoms with Crippen molar-refractivity contribution in [3.63, 3.8) is 0 Å². The van der Waals surface area contributed by atoms with Crippen molar-refractivity contribution >= 4 is 16.7 Å². The molecule has 0 aliphatic rings. The number of hydrogen-bond donors (Lipinski definition) is 1. The number of hydrogen-bond acceptors (Lipinski definition) is 2. The third-order valence-corrected chi connectivity index (χ3v) is 2.72. The maximum Gasteiger partial charge on any atom is 0.304 e. The Labute approximate surface area is 103 Å². The van der Waals surface area contributed by atoms with E-state index in [9.17, 15) is 4.79 Å². The molecule has 1 atom stereocenters. The Morgan fingerprint density at radius 1 is 1.28 bits per heavy atom. The zero-order valence-electron chi connectivity index (χ0n) is 9.52. The molecule has 0 fully saturated rings. The van der Waals surface area contributed by atoms with Gasteiger partial charge in [-0.2, -0.15) is 0 Å². The topological polar surface area (TPSA) is 86.1 Å².